The molecule has 4 unspecified atom stereocenters. The predicted octanol–water partition coefficient (Wildman–Crippen LogP) is 2.68. The number of hydrogen-bond donors (Lipinski definition) is 2. The Hall–Kier alpha value is -2.24. The number of nitrogens with one attached hydrogen (secondary N) is 2. The number of fused-ring (bicyclic) bond motifs is 2. The zero-order valence-corrected chi connectivity index (χ0v) is 15.0. The van der Waals surface area contributed by atoms with Gasteiger partial charge in [-0.25, -0.2) is 10.9 Å². The minimum atomic E-state index is -0.0678. The van der Waals surface area contributed by atoms with Crippen molar-refractivity contribution in [2.75, 3.05) is 0 Å². The summed E-state index contributed by atoms with van der Waals surface area (Å²) in [6.45, 7) is 0. The quantitative estimate of drug-likeness (QED) is 0.419. The highest BCUT2D eigenvalue weighted by Gasteiger charge is 2.38. The lowest BCUT2D eigenvalue weighted by Crippen LogP contribution is -2.35. The predicted molar refractivity (Wildman–Crippen MR) is 100 cm³/mol. The molecule has 0 spiro atoms. The van der Waals surface area contributed by atoms with Crippen LogP contribution in [0.1, 0.15) is 51.4 Å². The van der Waals surface area contributed by atoms with E-state index in [2.05, 4.69) is 45.4 Å². The molecule has 2 saturated carbocycles. The Morgan fingerprint density at radius 1 is 0.846 bits per heavy atom. The molecule has 4 rings (SSSR count). The van der Waals surface area contributed by atoms with E-state index in [4.69, 9.17) is 0 Å². The van der Waals surface area contributed by atoms with Crippen molar-refractivity contribution in [3.05, 3.63) is 24.3 Å². The van der Waals surface area contributed by atoms with E-state index in [9.17, 15) is 9.59 Å². The fourth-order valence-electron chi connectivity index (χ4n) is 4.28. The monoisotopic (exact) mass is 354 g/mol. The standard InChI is InChI=1S/C20H26N4O2/c25-19(23-21-17-11-13-5-3-7-15(13)17)9-1-2-10-20(26)24-22-18-12-14-6-4-8-16(14)18/h3-6,13-16H,1-2,7-12H2,(H,23,25)(H,24,26). The Morgan fingerprint density at radius 2 is 1.31 bits per heavy atom. The summed E-state index contributed by atoms with van der Waals surface area (Å²) in [6.07, 6.45) is 15.1. The van der Waals surface area contributed by atoms with Gasteiger partial charge in [-0.3, -0.25) is 9.59 Å². The van der Waals surface area contributed by atoms with Crippen LogP contribution in [-0.2, 0) is 9.59 Å². The molecule has 2 fully saturated rings. The highest BCUT2D eigenvalue weighted by atomic mass is 16.2. The molecule has 4 aliphatic rings. The van der Waals surface area contributed by atoms with Crippen LogP contribution in [-0.4, -0.2) is 23.2 Å². The second-order valence-corrected chi connectivity index (χ2v) is 7.76. The minimum absolute atomic E-state index is 0.0678. The third kappa shape index (κ3) is 3.64. The number of amides is 2. The van der Waals surface area contributed by atoms with E-state index in [1.165, 1.54) is 0 Å². The van der Waals surface area contributed by atoms with E-state index in [0.29, 0.717) is 49.4 Å². The number of carbonyl (C=O) groups excluding carboxylic acids is 2. The molecule has 2 amide bonds. The Balaban J connectivity index is 1.06. The first kappa shape index (κ1) is 17.2. The first-order valence-electron chi connectivity index (χ1n) is 9.74. The van der Waals surface area contributed by atoms with E-state index in [-0.39, 0.29) is 11.8 Å². The van der Waals surface area contributed by atoms with Gasteiger partial charge in [0, 0.05) is 36.1 Å². The van der Waals surface area contributed by atoms with Crippen molar-refractivity contribution < 1.29 is 9.59 Å². The van der Waals surface area contributed by atoms with Gasteiger partial charge < -0.3 is 0 Å². The van der Waals surface area contributed by atoms with Crippen LogP contribution in [0, 0.1) is 23.7 Å². The number of hydrazone groups is 2. The van der Waals surface area contributed by atoms with Crippen LogP contribution < -0.4 is 10.9 Å². The van der Waals surface area contributed by atoms with Gasteiger partial charge in [0.05, 0.1) is 0 Å². The molecule has 0 bridgehead atoms. The van der Waals surface area contributed by atoms with Gasteiger partial charge >= 0.3 is 0 Å². The van der Waals surface area contributed by atoms with Gasteiger partial charge in [-0.05, 0) is 50.4 Å². The topological polar surface area (TPSA) is 82.9 Å². The van der Waals surface area contributed by atoms with Crippen molar-refractivity contribution in [2.45, 2.75) is 51.4 Å². The van der Waals surface area contributed by atoms with Crippen LogP contribution in [0.5, 0.6) is 0 Å². The number of rotatable bonds is 7. The normalized spacial score (nSPS) is 33.5. The maximum Gasteiger partial charge on any atom is 0.240 e. The summed E-state index contributed by atoms with van der Waals surface area (Å²) in [5.41, 5.74) is 7.54. The summed E-state index contributed by atoms with van der Waals surface area (Å²) in [4.78, 5) is 23.7. The number of nitrogens with zero attached hydrogens (tertiary/aromatic N) is 2. The molecular formula is C20H26N4O2. The first-order valence-corrected chi connectivity index (χ1v) is 9.74. The third-order valence-corrected chi connectivity index (χ3v) is 6.03. The molecule has 0 aliphatic heterocycles. The van der Waals surface area contributed by atoms with Gasteiger partial charge in [0.25, 0.3) is 0 Å². The Kier molecular flexibility index (Phi) is 5.00. The number of allylic oxidation sites excluding steroid dienone is 4. The van der Waals surface area contributed by atoms with E-state index >= 15 is 0 Å². The van der Waals surface area contributed by atoms with E-state index in [1.807, 2.05) is 0 Å². The first-order chi connectivity index (χ1) is 12.7. The number of hydrogen-bond acceptors (Lipinski definition) is 4. The average molecular weight is 354 g/mol. The van der Waals surface area contributed by atoms with Gasteiger partial charge in [0.1, 0.15) is 0 Å². The van der Waals surface area contributed by atoms with Gasteiger partial charge in [-0.1, -0.05) is 24.3 Å². The number of carbonyl (C=O) groups is 2. The second-order valence-electron chi connectivity index (χ2n) is 7.76. The summed E-state index contributed by atoms with van der Waals surface area (Å²) in [5, 5.41) is 8.50. The van der Waals surface area contributed by atoms with Crippen LogP contribution in [0.25, 0.3) is 0 Å². The van der Waals surface area contributed by atoms with Crippen LogP contribution in [0.4, 0.5) is 0 Å². The summed E-state index contributed by atoms with van der Waals surface area (Å²) in [6, 6.07) is 0. The zero-order valence-electron chi connectivity index (χ0n) is 15.0. The molecule has 0 aromatic carbocycles. The molecule has 0 aromatic heterocycles. The summed E-state index contributed by atoms with van der Waals surface area (Å²) in [7, 11) is 0. The van der Waals surface area contributed by atoms with Gasteiger partial charge in [0.15, 0.2) is 0 Å². The van der Waals surface area contributed by atoms with Crippen molar-refractivity contribution in [1.82, 2.24) is 10.9 Å². The van der Waals surface area contributed by atoms with Gasteiger partial charge in [-0.15, -0.1) is 0 Å². The zero-order chi connectivity index (χ0) is 17.9. The maximum atomic E-state index is 11.8. The van der Waals surface area contributed by atoms with Crippen molar-refractivity contribution in [3.63, 3.8) is 0 Å². The van der Waals surface area contributed by atoms with E-state index in [0.717, 1.165) is 37.1 Å². The SMILES string of the molecule is O=C(CCCCC(=O)NN=C1CC2C=CCC12)NN=C1CC2C=CCC12. The van der Waals surface area contributed by atoms with E-state index in [1.54, 1.807) is 0 Å². The fourth-order valence-corrected chi connectivity index (χ4v) is 4.28. The van der Waals surface area contributed by atoms with Crippen LogP contribution in [0.3, 0.4) is 0 Å². The average Bonchev–Trinajstić information content (AvgIpc) is 3.15. The smallest absolute Gasteiger partial charge is 0.240 e. The minimum Gasteiger partial charge on any atom is -0.273 e. The largest absolute Gasteiger partial charge is 0.273 e. The Bertz CT molecular complexity index is 647. The fraction of sp³-hybridized carbons (Fsp3) is 0.600. The molecular weight excluding hydrogens is 328 g/mol. The van der Waals surface area contributed by atoms with Crippen molar-refractivity contribution in [3.8, 4) is 0 Å². The van der Waals surface area contributed by atoms with Crippen LogP contribution in [0.2, 0.25) is 0 Å². The van der Waals surface area contributed by atoms with Gasteiger partial charge in [-0.2, -0.15) is 10.2 Å². The van der Waals surface area contributed by atoms with E-state index < -0.39 is 0 Å². The summed E-state index contributed by atoms with van der Waals surface area (Å²) >= 11 is 0. The maximum absolute atomic E-state index is 11.8. The molecule has 6 heteroatoms. The molecule has 138 valence electrons. The second kappa shape index (κ2) is 7.56. The molecule has 0 aromatic rings. The summed E-state index contributed by atoms with van der Waals surface area (Å²) < 4.78 is 0. The van der Waals surface area contributed by atoms with Crippen molar-refractivity contribution in [1.29, 1.82) is 0 Å². The van der Waals surface area contributed by atoms with Gasteiger partial charge in [0.2, 0.25) is 11.8 Å². The molecule has 0 radical (unpaired) electrons. The molecule has 6 nitrogen and oxygen atoms in total. The molecule has 2 N–H and O–H groups in total. The van der Waals surface area contributed by atoms with Crippen LogP contribution in [0.15, 0.2) is 34.5 Å². The van der Waals surface area contributed by atoms with Crippen molar-refractivity contribution >= 4 is 23.2 Å². The Morgan fingerprint density at radius 3 is 1.73 bits per heavy atom. The molecule has 0 saturated heterocycles. The Labute approximate surface area is 153 Å². The highest BCUT2D eigenvalue weighted by molar-refractivity contribution is 5.95. The lowest BCUT2D eigenvalue weighted by atomic mass is 9.74. The lowest BCUT2D eigenvalue weighted by molar-refractivity contribution is -0.123. The highest BCUT2D eigenvalue weighted by Crippen LogP contribution is 2.40. The third-order valence-electron chi connectivity index (χ3n) is 6.03. The van der Waals surface area contributed by atoms with Crippen LogP contribution >= 0.6 is 0 Å². The summed E-state index contributed by atoms with van der Waals surface area (Å²) in [5.74, 6) is 2.19. The molecule has 0 heterocycles. The van der Waals surface area contributed by atoms with Crippen molar-refractivity contribution in [2.24, 2.45) is 33.9 Å². The molecule has 4 atom stereocenters. The molecule has 26 heavy (non-hydrogen) atoms. The lowest BCUT2D eigenvalue weighted by Gasteiger charge is -2.31. The molecule has 4 aliphatic carbocycles. The number of unbranched alkanes of at least 4 members (excludes halogenated alkanes) is 1.